The first-order valence-corrected chi connectivity index (χ1v) is 11.9. The van der Waals surface area contributed by atoms with Gasteiger partial charge < -0.3 is 4.90 Å². The number of benzene rings is 2. The third kappa shape index (κ3) is 3.98. The van der Waals surface area contributed by atoms with Gasteiger partial charge in [0.2, 0.25) is 5.69 Å². The summed E-state index contributed by atoms with van der Waals surface area (Å²) in [6, 6.07) is 17.4. The fourth-order valence-corrected chi connectivity index (χ4v) is 5.38. The van der Waals surface area contributed by atoms with Crippen molar-refractivity contribution in [2.24, 2.45) is 0 Å². The molecule has 0 bridgehead atoms. The molecule has 2 heterocycles. The topological polar surface area (TPSA) is 6.25 Å². The minimum atomic E-state index is -0.0369. The molecule has 0 unspecified atom stereocenters. The normalized spacial score (nSPS) is 19.5. The highest BCUT2D eigenvalue weighted by molar-refractivity contribution is 6.03. The fraction of sp³-hybridized carbons (Fsp3) is 0.323. The molecule has 2 aromatic rings. The first-order chi connectivity index (χ1) is 15.8. The summed E-state index contributed by atoms with van der Waals surface area (Å²) in [6.45, 7) is 10.2. The lowest BCUT2D eigenvalue weighted by molar-refractivity contribution is -0.401. The van der Waals surface area contributed by atoms with Crippen LogP contribution in [0.1, 0.15) is 51.7 Å². The zero-order valence-corrected chi connectivity index (χ0v) is 20.6. The summed E-state index contributed by atoms with van der Waals surface area (Å²) in [7, 11) is 2.16. The molecule has 0 saturated carbocycles. The van der Waals surface area contributed by atoms with E-state index in [4.69, 9.17) is 6.42 Å². The van der Waals surface area contributed by atoms with E-state index < -0.39 is 0 Å². The number of para-hydroxylation sites is 2. The molecule has 0 aromatic heterocycles. The van der Waals surface area contributed by atoms with Crippen LogP contribution in [-0.2, 0) is 10.8 Å². The van der Waals surface area contributed by atoms with E-state index in [1.54, 1.807) is 0 Å². The summed E-state index contributed by atoms with van der Waals surface area (Å²) in [5.74, 6) is 2.78. The van der Waals surface area contributed by atoms with E-state index in [0.29, 0.717) is 0 Å². The number of anilines is 1. The molecular formula is C31H35N2+. The zero-order chi connectivity index (χ0) is 23.6. The number of unbranched alkanes of at least 4 members (excludes halogenated alkanes) is 1. The van der Waals surface area contributed by atoms with Crippen LogP contribution in [0.2, 0.25) is 0 Å². The summed E-state index contributed by atoms with van der Waals surface area (Å²) >= 11 is 0. The highest BCUT2D eigenvalue weighted by atomic mass is 15.2. The van der Waals surface area contributed by atoms with Crippen molar-refractivity contribution >= 4 is 17.1 Å². The van der Waals surface area contributed by atoms with Crippen LogP contribution in [0.3, 0.4) is 0 Å². The van der Waals surface area contributed by atoms with Crippen molar-refractivity contribution in [3.05, 3.63) is 95.7 Å². The Morgan fingerprint density at radius 1 is 0.909 bits per heavy atom. The molecule has 0 spiro atoms. The van der Waals surface area contributed by atoms with Crippen molar-refractivity contribution in [2.45, 2.75) is 51.4 Å². The van der Waals surface area contributed by atoms with Crippen LogP contribution in [0.4, 0.5) is 11.4 Å². The Kier molecular flexibility index (Phi) is 6.17. The van der Waals surface area contributed by atoms with E-state index >= 15 is 0 Å². The lowest BCUT2D eigenvalue weighted by Crippen LogP contribution is -2.27. The van der Waals surface area contributed by atoms with E-state index in [2.05, 4.69) is 129 Å². The SMILES string of the molecule is C#CCCCN1C(=CC=CC=CC2=[N+](C)c3ccccc3C2(C)C)C(C)(C)c2ccccc21. The lowest BCUT2D eigenvalue weighted by Gasteiger charge is -2.26. The van der Waals surface area contributed by atoms with Crippen LogP contribution >= 0.6 is 0 Å². The minimum Gasteiger partial charge on any atom is -0.344 e. The molecule has 2 aromatic carbocycles. The Morgan fingerprint density at radius 3 is 2.33 bits per heavy atom. The number of fused-ring (bicyclic) bond motifs is 2. The second-order valence-electron chi connectivity index (χ2n) is 9.98. The molecule has 2 aliphatic rings. The molecule has 33 heavy (non-hydrogen) atoms. The first kappa shape index (κ1) is 22.9. The number of allylic oxidation sites excluding steroid dienone is 6. The highest BCUT2D eigenvalue weighted by Crippen LogP contribution is 2.47. The maximum absolute atomic E-state index is 5.51. The predicted octanol–water partition coefficient (Wildman–Crippen LogP) is 6.90. The summed E-state index contributed by atoms with van der Waals surface area (Å²) < 4.78 is 2.31. The summed E-state index contributed by atoms with van der Waals surface area (Å²) in [5.41, 5.74) is 7.95. The van der Waals surface area contributed by atoms with E-state index in [1.807, 2.05) is 0 Å². The van der Waals surface area contributed by atoms with Crippen molar-refractivity contribution < 1.29 is 4.58 Å². The third-order valence-electron chi connectivity index (χ3n) is 7.17. The van der Waals surface area contributed by atoms with Gasteiger partial charge in [-0.25, -0.2) is 0 Å². The largest absolute Gasteiger partial charge is 0.344 e. The average molecular weight is 436 g/mol. The van der Waals surface area contributed by atoms with Crippen molar-refractivity contribution in [1.29, 1.82) is 0 Å². The molecule has 0 fully saturated rings. The smallest absolute Gasteiger partial charge is 0.209 e. The van der Waals surface area contributed by atoms with Gasteiger partial charge in [-0.1, -0.05) is 68.5 Å². The van der Waals surface area contributed by atoms with Crippen LogP contribution in [-0.4, -0.2) is 23.9 Å². The Hall–Kier alpha value is -3.31. The number of nitrogens with zero attached hydrogens (tertiary/aromatic N) is 2. The van der Waals surface area contributed by atoms with Gasteiger partial charge in [-0.05, 0) is 38.0 Å². The van der Waals surface area contributed by atoms with Crippen LogP contribution < -0.4 is 4.90 Å². The fourth-order valence-electron chi connectivity index (χ4n) is 5.38. The van der Waals surface area contributed by atoms with Crippen LogP contribution in [0.15, 0.2) is 84.6 Å². The van der Waals surface area contributed by atoms with Crippen LogP contribution in [0.25, 0.3) is 0 Å². The summed E-state index contributed by atoms with van der Waals surface area (Å²) in [5, 5.41) is 0. The van der Waals surface area contributed by atoms with Gasteiger partial charge in [0.15, 0.2) is 5.71 Å². The molecule has 0 aliphatic carbocycles. The van der Waals surface area contributed by atoms with Gasteiger partial charge in [0.25, 0.3) is 0 Å². The lowest BCUT2D eigenvalue weighted by atomic mass is 9.81. The monoisotopic (exact) mass is 435 g/mol. The Balaban J connectivity index is 1.58. The molecule has 0 N–H and O–H groups in total. The number of rotatable bonds is 6. The number of terminal acetylenes is 1. The van der Waals surface area contributed by atoms with E-state index in [0.717, 1.165) is 19.4 Å². The van der Waals surface area contributed by atoms with Gasteiger partial charge in [0.1, 0.15) is 7.05 Å². The van der Waals surface area contributed by atoms with E-state index in [1.165, 1.54) is 33.9 Å². The summed E-state index contributed by atoms with van der Waals surface area (Å²) in [4.78, 5) is 2.44. The average Bonchev–Trinajstić information content (AvgIpc) is 3.13. The molecule has 0 radical (unpaired) electrons. The molecule has 168 valence electrons. The van der Waals surface area contributed by atoms with Gasteiger partial charge in [0, 0.05) is 47.5 Å². The van der Waals surface area contributed by atoms with Gasteiger partial charge in [-0.15, -0.1) is 12.3 Å². The molecule has 0 atom stereocenters. The maximum Gasteiger partial charge on any atom is 0.209 e. The molecule has 2 aliphatic heterocycles. The van der Waals surface area contributed by atoms with Crippen molar-refractivity contribution in [3.8, 4) is 12.3 Å². The van der Waals surface area contributed by atoms with E-state index in [-0.39, 0.29) is 10.8 Å². The van der Waals surface area contributed by atoms with Crippen molar-refractivity contribution in [2.75, 3.05) is 18.5 Å². The Labute approximate surface area is 199 Å². The van der Waals surface area contributed by atoms with Crippen LogP contribution in [0.5, 0.6) is 0 Å². The highest BCUT2D eigenvalue weighted by Gasteiger charge is 2.42. The third-order valence-corrected chi connectivity index (χ3v) is 7.17. The first-order valence-electron chi connectivity index (χ1n) is 11.9. The molecule has 2 nitrogen and oxygen atoms in total. The second-order valence-corrected chi connectivity index (χ2v) is 9.98. The van der Waals surface area contributed by atoms with Gasteiger partial charge in [-0.3, -0.25) is 0 Å². The quantitative estimate of drug-likeness (QED) is 0.207. The Morgan fingerprint density at radius 2 is 1.61 bits per heavy atom. The summed E-state index contributed by atoms with van der Waals surface area (Å²) in [6.07, 6.45) is 18.3. The van der Waals surface area contributed by atoms with Crippen molar-refractivity contribution in [3.63, 3.8) is 0 Å². The molecule has 4 rings (SSSR count). The molecule has 2 heteroatoms. The number of hydrogen-bond donors (Lipinski definition) is 0. The standard InChI is InChI=1S/C31H35N2/c1-7-8-16-23-33-27-20-15-13-18-25(27)31(4,5)29(33)22-11-9-10-21-28-30(2,3)24-17-12-14-19-26(24)32(28)6/h1,9-15,17-22H,8,16,23H2,2-6H3/q+1. The minimum absolute atomic E-state index is 0.00291. The number of hydrogen-bond acceptors (Lipinski definition) is 1. The Bertz CT molecular complexity index is 1210. The second kappa shape index (κ2) is 8.91. The van der Waals surface area contributed by atoms with Gasteiger partial charge in [0.05, 0.1) is 5.41 Å². The van der Waals surface area contributed by atoms with Gasteiger partial charge in [-0.2, -0.15) is 4.58 Å². The van der Waals surface area contributed by atoms with Gasteiger partial charge >= 0.3 is 0 Å². The van der Waals surface area contributed by atoms with Crippen molar-refractivity contribution in [1.82, 2.24) is 0 Å². The molecular weight excluding hydrogens is 400 g/mol. The maximum atomic E-state index is 5.51. The predicted molar refractivity (Wildman–Crippen MR) is 142 cm³/mol. The molecule has 0 saturated heterocycles. The van der Waals surface area contributed by atoms with E-state index in [9.17, 15) is 0 Å². The van der Waals surface area contributed by atoms with Crippen LogP contribution in [0, 0.1) is 12.3 Å². The molecule has 0 amide bonds. The zero-order valence-electron chi connectivity index (χ0n) is 20.6.